The van der Waals surface area contributed by atoms with Crippen LogP contribution in [0.1, 0.15) is 239 Å². The molecule has 0 aliphatic heterocycles. The van der Waals surface area contributed by atoms with E-state index in [0.29, 0.717) is 19.3 Å². The topological polar surface area (TPSA) is 78.9 Å². The Balaban J connectivity index is 4.24. The van der Waals surface area contributed by atoms with Crippen molar-refractivity contribution in [1.29, 1.82) is 0 Å². The lowest BCUT2D eigenvalue weighted by Crippen LogP contribution is -2.30. The second kappa shape index (κ2) is 42.6. The van der Waals surface area contributed by atoms with Crippen LogP contribution < -0.4 is 0 Å². The van der Waals surface area contributed by atoms with Crippen molar-refractivity contribution in [3.8, 4) is 0 Å². The van der Waals surface area contributed by atoms with E-state index in [2.05, 4.69) is 45.1 Å². The summed E-state index contributed by atoms with van der Waals surface area (Å²) in [4.78, 5) is 37.5. The molecule has 0 amide bonds. The molecule has 0 N–H and O–H groups in total. The number of carbonyl (C=O) groups is 3. The van der Waals surface area contributed by atoms with E-state index in [1.54, 1.807) is 0 Å². The molecule has 0 fully saturated rings. The molecule has 0 spiro atoms. The van der Waals surface area contributed by atoms with Gasteiger partial charge in [-0.05, 0) is 70.6 Å². The van der Waals surface area contributed by atoms with Gasteiger partial charge in [0.25, 0.3) is 0 Å². The first-order valence-electron chi connectivity index (χ1n) is 22.8. The molecule has 53 heavy (non-hydrogen) atoms. The van der Waals surface area contributed by atoms with E-state index in [0.717, 1.165) is 77.0 Å². The molecule has 0 aliphatic rings. The van der Waals surface area contributed by atoms with Crippen LogP contribution in [0, 0.1) is 0 Å². The number of hydrogen-bond donors (Lipinski definition) is 0. The quantitative estimate of drug-likeness (QED) is 0.0268. The predicted molar refractivity (Wildman–Crippen MR) is 224 cm³/mol. The first-order chi connectivity index (χ1) is 26.0. The van der Waals surface area contributed by atoms with Gasteiger partial charge < -0.3 is 14.2 Å². The molecule has 6 nitrogen and oxygen atoms in total. The number of ether oxygens (including phenoxy) is 3. The Morgan fingerprint density at radius 1 is 0.358 bits per heavy atom. The minimum atomic E-state index is -0.771. The van der Waals surface area contributed by atoms with E-state index in [4.69, 9.17) is 14.2 Å². The molecular formula is C47H86O6. The number of esters is 3. The van der Waals surface area contributed by atoms with Gasteiger partial charge in [-0.1, -0.05) is 173 Å². The number of unbranched alkanes of at least 4 members (excludes halogenated alkanes) is 26. The van der Waals surface area contributed by atoms with Crippen molar-refractivity contribution in [2.24, 2.45) is 0 Å². The van der Waals surface area contributed by atoms with E-state index in [9.17, 15) is 14.4 Å². The first kappa shape index (κ1) is 50.9. The van der Waals surface area contributed by atoms with E-state index in [-0.39, 0.29) is 31.1 Å². The van der Waals surface area contributed by atoms with E-state index < -0.39 is 6.10 Å². The molecule has 0 saturated heterocycles. The number of allylic oxidation sites excluding steroid dienone is 4. The van der Waals surface area contributed by atoms with Crippen molar-refractivity contribution < 1.29 is 28.6 Å². The van der Waals surface area contributed by atoms with Crippen LogP contribution in [-0.4, -0.2) is 37.2 Å². The zero-order valence-electron chi connectivity index (χ0n) is 35.3. The maximum Gasteiger partial charge on any atom is 0.306 e. The SMILES string of the molecule is CCCCCCCC/C=C\CCCCCCCC(=O)OC[C@H](COC(=O)CCCCCCC)OC(=O)CCCCCCC/C=C\CCCCCCCC. The maximum absolute atomic E-state index is 12.7. The fourth-order valence-corrected chi connectivity index (χ4v) is 6.43. The van der Waals surface area contributed by atoms with Crippen molar-refractivity contribution in [3.05, 3.63) is 24.3 Å². The molecule has 0 aliphatic carbocycles. The van der Waals surface area contributed by atoms with Gasteiger partial charge in [0.05, 0.1) is 0 Å². The van der Waals surface area contributed by atoms with Crippen LogP contribution in [0.4, 0.5) is 0 Å². The van der Waals surface area contributed by atoms with Crippen LogP contribution in [0.2, 0.25) is 0 Å². The normalized spacial score (nSPS) is 12.1. The van der Waals surface area contributed by atoms with Gasteiger partial charge in [-0.25, -0.2) is 0 Å². The van der Waals surface area contributed by atoms with E-state index >= 15 is 0 Å². The highest BCUT2D eigenvalue weighted by Gasteiger charge is 2.19. The minimum absolute atomic E-state index is 0.0768. The number of rotatable bonds is 41. The highest BCUT2D eigenvalue weighted by Crippen LogP contribution is 2.13. The Bertz CT molecular complexity index is 865. The van der Waals surface area contributed by atoms with Crippen molar-refractivity contribution in [2.75, 3.05) is 13.2 Å². The zero-order chi connectivity index (χ0) is 38.7. The van der Waals surface area contributed by atoms with Gasteiger partial charge in [0.15, 0.2) is 6.10 Å². The summed E-state index contributed by atoms with van der Waals surface area (Å²) in [5.74, 6) is -0.904. The molecule has 0 saturated carbocycles. The maximum atomic E-state index is 12.7. The Morgan fingerprint density at radius 3 is 0.943 bits per heavy atom. The summed E-state index contributed by atoms with van der Waals surface area (Å²) in [5, 5.41) is 0. The van der Waals surface area contributed by atoms with Crippen molar-refractivity contribution in [3.63, 3.8) is 0 Å². The molecule has 0 aromatic carbocycles. The van der Waals surface area contributed by atoms with Crippen molar-refractivity contribution in [2.45, 2.75) is 245 Å². The van der Waals surface area contributed by atoms with Crippen LogP contribution in [0.15, 0.2) is 24.3 Å². The smallest absolute Gasteiger partial charge is 0.306 e. The monoisotopic (exact) mass is 747 g/mol. The van der Waals surface area contributed by atoms with E-state index in [1.165, 1.54) is 122 Å². The molecule has 0 unspecified atom stereocenters. The average molecular weight is 747 g/mol. The Kier molecular flexibility index (Phi) is 40.9. The van der Waals surface area contributed by atoms with Crippen LogP contribution in [0.5, 0.6) is 0 Å². The third kappa shape index (κ3) is 40.9. The van der Waals surface area contributed by atoms with Crippen molar-refractivity contribution in [1.82, 2.24) is 0 Å². The second-order valence-corrected chi connectivity index (χ2v) is 15.3. The summed E-state index contributed by atoms with van der Waals surface area (Å²) in [6, 6.07) is 0. The van der Waals surface area contributed by atoms with E-state index in [1.807, 2.05) is 0 Å². The summed E-state index contributed by atoms with van der Waals surface area (Å²) in [5.41, 5.74) is 0. The van der Waals surface area contributed by atoms with Gasteiger partial charge in [0, 0.05) is 19.3 Å². The number of carbonyl (C=O) groups excluding carboxylic acids is 3. The molecule has 1 atom stereocenters. The van der Waals surface area contributed by atoms with Gasteiger partial charge in [-0.15, -0.1) is 0 Å². The molecule has 0 heterocycles. The summed E-state index contributed by atoms with van der Waals surface area (Å²) in [6.07, 6.45) is 46.2. The second-order valence-electron chi connectivity index (χ2n) is 15.3. The lowest BCUT2D eigenvalue weighted by Gasteiger charge is -2.18. The van der Waals surface area contributed by atoms with Gasteiger partial charge in [0.1, 0.15) is 13.2 Å². The third-order valence-electron chi connectivity index (χ3n) is 9.93. The lowest BCUT2D eigenvalue weighted by molar-refractivity contribution is -0.167. The molecule has 0 aromatic heterocycles. The predicted octanol–water partition coefficient (Wildman–Crippen LogP) is 14.4. The van der Waals surface area contributed by atoms with Gasteiger partial charge in [-0.3, -0.25) is 14.4 Å². The molecular weight excluding hydrogens is 661 g/mol. The molecule has 310 valence electrons. The highest BCUT2D eigenvalue weighted by atomic mass is 16.6. The zero-order valence-corrected chi connectivity index (χ0v) is 35.3. The molecule has 0 rings (SSSR count). The Morgan fingerprint density at radius 2 is 0.623 bits per heavy atom. The summed E-state index contributed by atoms with van der Waals surface area (Å²) in [6.45, 7) is 6.53. The average Bonchev–Trinajstić information content (AvgIpc) is 3.15. The number of hydrogen-bond acceptors (Lipinski definition) is 6. The van der Waals surface area contributed by atoms with Crippen LogP contribution in [-0.2, 0) is 28.6 Å². The van der Waals surface area contributed by atoms with Gasteiger partial charge in [-0.2, -0.15) is 0 Å². The molecule has 6 heteroatoms. The van der Waals surface area contributed by atoms with Crippen molar-refractivity contribution >= 4 is 17.9 Å². The molecule has 0 aromatic rings. The summed E-state index contributed by atoms with van der Waals surface area (Å²) in [7, 11) is 0. The minimum Gasteiger partial charge on any atom is -0.462 e. The standard InChI is InChI=1S/C47H86O6/c1-4-7-10-13-15-17-19-21-23-25-27-29-31-34-37-40-46(49)52-43-44(42-51-45(48)39-36-33-12-9-6-3)53-47(50)41-38-35-32-30-28-26-24-22-20-18-16-14-11-8-5-2/h21-24,44H,4-20,25-43H2,1-3H3/b23-21-,24-22-/t44-/m0/s1. The first-order valence-corrected chi connectivity index (χ1v) is 22.8. The van der Waals surface area contributed by atoms with Crippen LogP contribution >= 0.6 is 0 Å². The molecule has 0 bridgehead atoms. The molecule has 0 radical (unpaired) electrons. The van der Waals surface area contributed by atoms with Crippen LogP contribution in [0.3, 0.4) is 0 Å². The largest absolute Gasteiger partial charge is 0.462 e. The van der Waals surface area contributed by atoms with Gasteiger partial charge >= 0.3 is 17.9 Å². The highest BCUT2D eigenvalue weighted by molar-refractivity contribution is 5.71. The summed E-state index contributed by atoms with van der Waals surface area (Å²) < 4.78 is 16.6. The fourth-order valence-electron chi connectivity index (χ4n) is 6.43. The van der Waals surface area contributed by atoms with Crippen LogP contribution in [0.25, 0.3) is 0 Å². The fraction of sp³-hybridized carbons (Fsp3) is 0.851. The third-order valence-corrected chi connectivity index (χ3v) is 9.93. The van der Waals surface area contributed by atoms with Gasteiger partial charge in [0.2, 0.25) is 0 Å². The Hall–Kier alpha value is -2.11. The lowest BCUT2D eigenvalue weighted by atomic mass is 10.1. The summed E-state index contributed by atoms with van der Waals surface area (Å²) >= 11 is 0. The Labute approximate surface area is 328 Å².